The second-order valence-corrected chi connectivity index (χ2v) is 7.74. The molecule has 0 aromatic heterocycles. The Bertz CT molecular complexity index is 854. The van der Waals surface area contributed by atoms with Gasteiger partial charge in [0.2, 0.25) is 0 Å². The maximum atomic E-state index is 9.10. The van der Waals surface area contributed by atoms with E-state index in [0.29, 0.717) is 6.61 Å². The van der Waals surface area contributed by atoms with Crippen LogP contribution in [0, 0.1) is 0 Å². The summed E-state index contributed by atoms with van der Waals surface area (Å²) in [6, 6.07) is 17.1. The lowest BCUT2D eigenvalue weighted by Gasteiger charge is -2.34. The van der Waals surface area contributed by atoms with Crippen LogP contribution in [-0.4, -0.2) is 78.4 Å². The number of carboxylic acid groups (broad SMARTS) is 2. The van der Waals surface area contributed by atoms with E-state index < -0.39 is 11.9 Å². The summed E-state index contributed by atoms with van der Waals surface area (Å²) in [5.41, 5.74) is 2.73. The first-order valence-corrected chi connectivity index (χ1v) is 11.2. The lowest BCUT2D eigenvalue weighted by Crippen LogP contribution is -2.46. The van der Waals surface area contributed by atoms with Crippen molar-refractivity contribution in [3.05, 3.63) is 59.7 Å². The Hall–Kier alpha value is -3.10. The van der Waals surface area contributed by atoms with Gasteiger partial charge >= 0.3 is 11.9 Å². The maximum absolute atomic E-state index is 9.10. The van der Waals surface area contributed by atoms with Crippen molar-refractivity contribution in [2.75, 3.05) is 46.4 Å². The summed E-state index contributed by atoms with van der Waals surface area (Å²) in [6.45, 7) is 9.39. The molecule has 0 atom stereocenters. The van der Waals surface area contributed by atoms with E-state index in [1.165, 1.54) is 30.5 Å². The van der Waals surface area contributed by atoms with Crippen LogP contribution in [-0.2, 0) is 22.6 Å². The molecule has 0 radical (unpaired) electrons. The first-order valence-electron chi connectivity index (χ1n) is 11.2. The molecule has 0 spiro atoms. The average molecular weight is 459 g/mol. The van der Waals surface area contributed by atoms with Gasteiger partial charge in [-0.2, -0.15) is 0 Å². The highest BCUT2D eigenvalue weighted by Gasteiger charge is 2.17. The minimum Gasteiger partial charge on any atom is -0.493 e. The molecule has 0 amide bonds. The van der Waals surface area contributed by atoms with Crippen LogP contribution in [0.1, 0.15) is 24.5 Å². The number of hydrogen-bond donors (Lipinski definition) is 2. The highest BCUT2D eigenvalue weighted by Crippen LogP contribution is 2.28. The smallest absolute Gasteiger partial charge is 0.414 e. The predicted molar refractivity (Wildman–Crippen MR) is 126 cm³/mol. The van der Waals surface area contributed by atoms with E-state index in [0.717, 1.165) is 44.2 Å². The fraction of sp³-hybridized carbons (Fsp3) is 0.440. The molecule has 1 saturated heterocycles. The maximum Gasteiger partial charge on any atom is 0.414 e. The van der Waals surface area contributed by atoms with Gasteiger partial charge in [0.25, 0.3) is 0 Å². The molecule has 2 N–H and O–H groups in total. The lowest BCUT2D eigenvalue weighted by atomic mass is 10.1. The van der Waals surface area contributed by atoms with Crippen molar-refractivity contribution in [2.24, 2.45) is 0 Å². The molecule has 180 valence electrons. The molecule has 8 nitrogen and oxygen atoms in total. The van der Waals surface area contributed by atoms with Crippen molar-refractivity contribution in [1.82, 2.24) is 9.80 Å². The summed E-state index contributed by atoms with van der Waals surface area (Å²) < 4.78 is 11.1. The van der Waals surface area contributed by atoms with Gasteiger partial charge in [0, 0.05) is 32.7 Å². The second kappa shape index (κ2) is 14.1. The number of aryl methyl sites for hydroxylation is 1. The molecular weight excluding hydrogens is 424 g/mol. The first kappa shape index (κ1) is 26.2. The highest BCUT2D eigenvalue weighted by molar-refractivity contribution is 6.27. The quantitative estimate of drug-likeness (QED) is 0.554. The van der Waals surface area contributed by atoms with Gasteiger partial charge in [-0.3, -0.25) is 4.90 Å². The van der Waals surface area contributed by atoms with Crippen LogP contribution in [0.5, 0.6) is 11.5 Å². The van der Waals surface area contributed by atoms with Crippen molar-refractivity contribution in [3.8, 4) is 11.5 Å². The Labute approximate surface area is 195 Å². The summed E-state index contributed by atoms with van der Waals surface area (Å²) in [5.74, 6) is -1.99. The number of carbonyl (C=O) groups is 2. The molecule has 0 saturated carbocycles. The van der Waals surface area contributed by atoms with Gasteiger partial charge < -0.3 is 24.6 Å². The van der Waals surface area contributed by atoms with Crippen LogP contribution < -0.4 is 9.47 Å². The minimum absolute atomic E-state index is 0.654. The molecule has 2 aromatic carbocycles. The van der Waals surface area contributed by atoms with Gasteiger partial charge in [-0.25, -0.2) is 9.59 Å². The molecule has 3 rings (SSSR count). The van der Waals surface area contributed by atoms with Gasteiger partial charge in [0.1, 0.15) is 0 Å². The largest absolute Gasteiger partial charge is 0.493 e. The summed E-state index contributed by atoms with van der Waals surface area (Å²) in [4.78, 5) is 23.3. The van der Waals surface area contributed by atoms with Gasteiger partial charge in [-0.05, 0) is 49.6 Å². The fourth-order valence-corrected chi connectivity index (χ4v) is 3.67. The van der Waals surface area contributed by atoms with E-state index in [1.807, 2.05) is 13.0 Å². The van der Waals surface area contributed by atoms with E-state index in [2.05, 4.69) is 52.3 Å². The molecule has 0 aliphatic carbocycles. The van der Waals surface area contributed by atoms with Gasteiger partial charge in [0.15, 0.2) is 11.5 Å². The second-order valence-electron chi connectivity index (χ2n) is 7.74. The molecule has 0 bridgehead atoms. The summed E-state index contributed by atoms with van der Waals surface area (Å²) in [6.07, 6.45) is 2.41. The van der Waals surface area contributed by atoms with Crippen LogP contribution >= 0.6 is 0 Å². The molecule has 1 fully saturated rings. The summed E-state index contributed by atoms with van der Waals surface area (Å²) >= 11 is 0. The number of nitrogens with zero attached hydrogens (tertiary/aromatic N) is 2. The number of hydrogen-bond acceptors (Lipinski definition) is 6. The Kier molecular flexibility index (Phi) is 11.2. The van der Waals surface area contributed by atoms with Crippen molar-refractivity contribution < 1.29 is 29.3 Å². The third-order valence-corrected chi connectivity index (χ3v) is 5.36. The Balaban J connectivity index is 0.000000569. The summed E-state index contributed by atoms with van der Waals surface area (Å²) in [7, 11) is 1.69. The Morgan fingerprint density at radius 3 is 2.09 bits per heavy atom. The predicted octanol–water partition coefficient (Wildman–Crippen LogP) is 3.00. The van der Waals surface area contributed by atoms with E-state index in [9.17, 15) is 0 Å². The fourth-order valence-electron chi connectivity index (χ4n) is 3.67. The van der Waals surface area contributed by atoms with E-state index in [4.69, 9.17) is 29.3 Å². The molecule has 1 heterocycles. The number of methoxy groups -OCH3 is 1. The van der Waals surface area contributed by atoms with Crippen LogP contribution in [0.25, 0.3) is 0 Å². The van der Waals surface area contributed by atoms with Crippen molar-refractivity contribution in [3.63, 3.8) is 0 Å². The molecule has 1 aliphatic rings. The zero-order valence-corrected chi connectivity index (χ0v) is 19.4. The van der Waals surface area contributed by atoms with Crippen molar-refractivity contribution in [2.45, 2.75) is 26.3 Å². The zero-order chi connectivity index (χ0) is 24.1. The standard InChI is InChI=1S/C23H32N2O2.C2H2O4/c1-3-27-23-18-21(11-12-22(23)26-2)19-25-16-14-24(15-17-25)13-7-10-20-8-5-4-6-9-20;3-1(4)2(5)6/h4-6,8-9,11-12,18H,3,7,10,13-17,19H2,1-2H3;(H,3,4)(H,5,6). The number of aliphatic carboxylic acids is 2. The van der Waals surface area contributed by atoms with Crippen LogP contribution in [0.4, 0.5) is 0 Å². The topological polar surface area (TPSA) is 99.5 Å². The molecule has 1 aliphatic heterocycles. The highest BCUT2D eigenvalue weighted by atomic mass is 16.5. The zero-order valence-electron chi connectivity index (χ0n) is 19.4. The molecule has 8 heteroatoms. The van der Waals surface area contributed by atoms with Gasteiger partial charge in [-0.1, -0.05) is 36.4 Å². The molecule has 0 unspecified atom stereocenters. The van der Waals surface area contributed by atoms with Crippen LogP contribution in [0.15, 0.2) is 48.5 Å². The van der Waals surface area contributed by atoms with Crippen LogP contribution in [0.2, 0.25) is 0 Å². The minimum atomic E-state index is -1.82. The van der Waals surface area contributed by atoms with Gasteiger partial charge in [-0.15, -0.1) is 0 Å². The SMILES string of the molecule is CCOc1cc(CN2CCN(CCCc3ccccc3)CC2)ccc1OC.O=C(O)C(=O)O. The number of carboxylic acids is 2. The third-order valence-electron chi connectivity index (χ3n) is 5.36. The number of ether oxygens (including phenoxy) is 2. The Morgan fingerprint density at radius 1 is 0.879 bits per heavy atom. The average Bonchev–Trinajstić information content (AvgIpc) is 2.82. The molecule has 2 aromatic rings. The number of piperazine rings is 1. The lowest BCUT2D eigenvalue weighted by molar-refractivity contribution is -0.159. The van der Waals surface area contributed by atoms with E-state index >= 15 is 0 Å². The third kappa shape index (κ3) is 9.51. The number of rotatable bonds is 9. The molecular formula is C25H34N2O6. The normalized spacial score (nSPS) is 14.1. The monoisotopic (exact) mass is 458 g/mol. The Morgan fingerprint density at radius 2 is 1.52 bits per heavy atom. The van der Waals surface area contributed by atoms with Crippen molar-refractivity contribution in [1.29, 1.82) is 0 Å². The number of benzene rings is 2. The van der Waals surface area contributed by atoms with Crippen molar-refractivity contribution >= 4 is 11.9 Å². The molecule has 33 heavy (non-hydrogen) atoms. The van der Waals surface area contributed by atoms with Crippen LogP contribution in [0.3, 0.4) is 0 Å². The van der Waals surface area contributed by atoms with Gasteiger partial charge in [0.05, 0.1) is 13.7 Å². The first-order chi connectivity index (χ1) is 15.9. The summed E-state index contributed by atoms with van der Waals surface area (Å²) in [5, 5.41) is 14.8. The van der Waals surface area contributed by atoms with E-state index in [-0.39, 0.29) is 0 Å². The van der Waals surface area contributed by atoms with E-state index in [1.54, 1.807) is 7.11 Å².